The van der Waals surface area contributed by atoms with Gasteiger partial charge in [-0.1, -0.05) is 6.42 Å². The zero-order valence-corrected chi connectivity index (χ0v) is 8.32. The monoisotopic (exact) mass is 183 g/mol. The summed E-state index contributed by atoms with van der Waals surface area (Å²) in [5.74, 6) is 0.775. The highest BCUT2D eigenvalue weighted by molar-refractivity contribution is 5.75. The molecule has 3 unspecified atom stereocenters. The summed E-state index contributed by atoms with van der Waals surface area (Å²) in [6.45, 7) is 3.04. The highest BCUT2D eigenvalue weighted by atomic mass is 16.5. The third kappa shape index (κ3) is 1.35. The van der Waals surface area contributed by atoms with Crippen LogP contribution in [0.15, 0.2) is 0 Å². The number of hydrogen-bond acceptors (Lipinski definition) is 3. The van der Waals surface area contributed by atoms with Crippen molar-refractivity contribution in [1.82, 2.24) is 4.90 Å². The molecule has 2 fully saturated rings. The molecular weight excluding hydrogens is 166 g/mol. The van der Waals surface area contributed by atoms with Crippen LogP contribution < -0.4 is 0 Å². The Morgan fingerprint density at radius 3 is 2.92 bits per heavy atom. The number of methoxy groups -OCH3 is 1. The number of ether oxygens (including phenoxy) is 1. The van der Waals surface area contributed by atoms with Gasteiger partial charge in [-0.05, 0) is 25.7 Å². The van der Waals surface area contributed by atoms with Crippen molar-refractivity contribution in [3.05, 3.63) is 0 Å². The van der Waals surface area contributed by atoms with Crippen molar-refractivity contribution in [2.45, 2.75) is 38.3 Å². The molecule has 0 aromatic heterocycles. The van der Waals surface area contributed by atoms with Crippen LogP contribution in [0.25, 0.3) is 0 Å². The van der Waals surface area contributed by atoms with E-state index in [1.165, 1.54) is 26.4 Å². The van der Waals surface area contributed by atoms with Gasteiger partial charge in [0.05, 0.1) is 7.11 Å². The fourth-order valence-corrected chi connectivity index (χ4v) is 2.69. The summed E-state index contributed by atoms with van der Waals surface area (Å²) in [6.07, 6.45) is 3.96. The molecule has 1 saturated carbocycles. The predicted octanol–water partition coefficient (Wildman–Crippen LogP) is 1.03. The van der Waals surface area contributed by atoms with Crippen molar-refractivity contribution in [3.8, 4) is 0 Å². The molecule has 0 spiro atoms. The molecule has 1 heterocycles. The van der Waals surface area contributed by atoms with E-state index in [0.29, 0.717) is 6.04 Å². The molecule has 0 aromatic rings. The highest BCUT2D eigenvalue weighted by Crippen LogP contribution is 2.40. The molecule has 0 radical (unpaired) electrons. The summed E-state index contributed by atoms with van der Waals surface area (Å²) in [5.41, 5.74) is 0. The van der Waals surface area contributed by atoms with E-state index in [1.54, 1.807) is 0 Å². The van der Waals surface area contributed by atoms with Crippen molar-refractivity contribution in [2.24, 2.45) is 5.92 Å². The highest BCUT2D eigenvalue weighted by Gasteiger charge is 2.45. The van der Waals surface area contributed by atoms with Gasteiger partial charge < -0.3 is 4.74 Å². The second-order valence-electron chi connectivity index (χ2n) is 4.15. The van der Waals surface area contributed by atoms with Gasteiger partial charge in [-0.15, -0.1) is 0 Å². The minimum absolute atomic E-state index is 0.0376. The van der Waals surface area contributed by atoms with Gasteiger partial charge in [-0.2, -0.15) is 0 Å². The second-order valence-corrected chi connectivity index (χ2v) is 4.15. The number of esters is 1. The molecule has 1 aliphatic heterocycles. The molecule has 13 heavy (non-hydrogen) atoms. The van der Waals surface area contributed by atoms with Crippen LogP contribution in [0.5, 0.6) is 0 Å². The van der Waals surface area contributed by atoms with Crippen LogP contribution in [0, 0.1) is 5.92 Å². The number of nitrogens with zero attached hydrogens (tertiary/aromatic N) is 1. The van der Waals surface area contributed by atoms with Crippen molar-refractivity contribution in [3.63, 3.8) is 0 Å². The van der Waals surface area contributed by atoms with Crippen LogP contribution in [-0.4, -0.2) is 36.6 Å². The molecule has 0 aromatic carbocycles. The molecule has 1 saturated heterocycles. The van der Waals surface area contributed by atoms with Crippen LogP contribution >= 0.6 is 0 Å². The smallest absolute Gasteiger partial charge is 0.322 e. The molecule has 0 amide bonds. The van der Waals surface area contributed by atoms with Crippen molar-refractivity contribution in [2.75, 3.05) is 13.7 Å². The van der Waals surface area contributed by atoms with E-state index in [1.807, 2.05) is 6.92 Å². The standard InChI is InChI=1S/C10H17NO2/c1-7(10(12)13-2)11-6-8-4-3-5-9(8)11/h7-9H,3-6H2,1-2H3. The van der Waals surface area contributed by atoms with Crippen LogP contribution in [0.1, 0.15) is 26.2 Å². The summed E-state index contributed by atoms with van der Waals surface area (Å²) in [7, 11) is 1.46. The summed E-state index contributed by atoms with van der Waals surface area (Å²) < 4.78 is 4.74. The number of hydrogen-bond donors (Lipinski definition) is 0. The van der Waals surface area contributed by atoms with Gasteiger partial charge in [0, 0.05) is 12.6 Å². The average Bonchev–Trinajstić information content (AvgIpc) is 2.46. The molecular formula is C10H17NO2. The first kappa shape index (κ1) is 9.00. The van der Waals surface area contributed by atoms with E-state index in [2.05, 4.69) is 4.90 Å². The Kier molecular flexibility index (Phi) is 2.28. The van der Waals surface area contributed by atoms with Gasteiger partial charge in [0.25, 0.3) is 0 Å². The van der Waals surface area contributed by atoms with Crippen molar-refractivity contribution < 1.29 is 9.53 Å². The zero-order chi connectivity index (χ0) is 9.42. The summed E-state index contributed by atoms with van der Waals surface area (Å²) in [5, 5.41) is 0. The average molecular weight is 183 g/mol. The molecule has 3 heteroatoms. The van der Waals surface area contributed by atoms with Gasteiger partial charge in [-0.25, -0.2) is 0 Å². The quantitative estimate of drug-likeness (QED) is 0.599. The Morgan fingerprint density at radius 2 is 2.31 bits per heavy atom. The van der Waals surface area contributed by atoms with Gasteiger partial charge in [0.2, 0.25) is 0 Å². The van der Waals surface area contributed by atoms with Crippen molar-refractivity contribution >= 4 is 5.97 Å². The van der Waals surface area contributed by atoms with E-state index < -0.39 is 0 Å². The molecule has 0 bridgehead atoms. The number of likely N-dealkylation sites (tertiary alicyclic amines) is 1. The zero-order valence-electron chi connectivity index (χ0n) is 8.32. The van der Waals surface area contributed by atoms with Gasteiger partial charge >= 0.3 is 5.97 Å². The third-order valence-corrected chi connectivity index (χ3v) is 3.53. The molecule has 3 atom stereocenters. The lowest BCUT2D eigenvalue weighted by Crippen LogP contribution is -2.59. The Morgan fingerprint density at radius 1 is 1.54 bits per heavy atom. The maximum absolute atomic E-state index is 11.3. The molecule has 74 valence electrons. The van der Waals surface area contributed by atoms with E-state index in [0.717, 1.165) is 12.5 Å². The number of carbonyl (C=O) groups is 1. The summed E-state index contributed by atoms with van der Waals surface area (Å²) >= 11 is 0. The van der Waals surface area contributed by atoms with Crippen LogP contribution in [0.3, 0.4) is 0 Å². The predicted molar refractivity (Wildman–Crippen MR) is 49.3 cm³/mol. The lowest BCUT2D eigenvalue weighted by molar-refractivity contribution is -0.151. The number of fused-ring (bicyclic) bond motifs is 1. The summed E-state index contributed by atoms with van der Waals surface area (Å²) in [6, 6.07) is 0.637. The largest absolute Gasteiger partial charge is 0.468 e. The maximum Gasteiger partial charge on any atom is 0.322 e. The normalized spacial score (nSPS) is 34.9. The first-order chi connectivity index (χ1) is 6.24. The number of rotatable bonds is 2. The van der Waals surface area contributed by atoms with Crippen LogP contribution in [0.2, 0.25) is 0 Å². The number of carbonyl (C=O) groups excluding carboxylic acids is 1. The molecule has 3 nitrogen and oxygen atoms in total. The van der Waals surface area contributed by atoms with Crippen molar-refractivity contribution in [1.29, 1.82) is 0 Å². The van der Waals surface area contributed by atoms with E-state index in [9.17, 15) is 4.79 Å². The van der Waals surface area contributed by atoms with Crippen LogP contribution in [0.4, 0.5) is 0 Å². The molecule has 1 aliphatic carbocycles. The Labute approximate surface area is 79.0 Å². The fourth-order valence-electron chi connectivity index (χ4n) is 2.69. The topological polar surface area (TPSA) is 29.5 Å². The second kappa shape index (κ2) is 3.29. The lowest BCUT2D eigenvalue weighted by Gasteiger charge is -2.47. The minimum Gasteiger partial charge on any atom is -0.468 e. The molecule has 2 aliphatic rings. The lowest BCUT2D eigenvalue weighted by atomic mass is 9.90. The Hall–Kier alpha value is -0.570. The van der Waals surface area contributed by atoms with Gasteiger partial charge in [-0.3, -0.25) is 9.69 Å². The first-order valence-corrected chi connectivity index (χ1v) is 5.07. The summed E-state index contributed by atoms with van der Waals surface area (Å²) in [4.78, 5) is 13.6. The van der Waals surface area contributed by atoms with Gasteiger partial charge in [0.1, 0.15) is 6.04 Å². The fraction of sp³-hybridized carbons (Fsp3) is 0.900. The molecule has 0 N–H and O–H groups in total. The van der Waals surface area contributed by atoms with Gasteiger partial charge in [0.15, 0.2) is 0 Å². The van der Waals surface area contributed by atoms with E-state index >= 15 is 0 Å². The maximum atomic E-state index is 11.3. The third-order valence-electron chi connectivity index (χ3n) is 3.53. The Balaban J connectivity index is 1.92. The minimum atomic E-state index is -0.0923. The molecule has 2 rings (SSSR count). The Bertz CT molecular complexity index is 217. The SMILES string of the molecule is COC(=O)C(C)N1CC2CCCC21. The first-order valence-electron chi connectivity index (χ1n) is 5.07. The van der Waals surface area contributed by atoms with E-state index in [4.69, 9.17) is 4.74 Å². The van der Waals surface area contributed by atoms with E-state index in [-0.39, 0.29) is 12.0 Å². The van der Waals surface area contributed by atoms with Crippen LogP contribution in [-0.2, 0) is 9.53 Å².